The van der Waals surface area contributed by atoms with Crippen molar-refractivity contribution < 1.29 is 31.7 Å². The third-order valence-corrected chi connectivity index (χ3v) is 4.44. The highest BCUT2D eigenvalue weighted by molar-refractivity contribution is 7.88. The Hall–Kier alpha value is -2.98. The molecule has 0 atom stereocenters. The van der Waals surface area contributed by atoms with Crippen LogP contribution in [0.4, 0.5) is 11.4 Å². The van der Waals surface area contributed by atoms with Crippen molar-refractivity contribution in [2.24, 2.45) is 0 Å². The van der Waals surface area contributed by atoms with E-state index in [1.54, 1.807) is 0 Å². The molecule has 0 saturated heterocycles. The van der Waals surface area contributed by atoms with Crippen molar-refractivity contribution in [2.75, 3.05) is 24.7 Å². The number of nitrogens with two attached hydrogens (primary N) is 1. The van der Waals surface area contributed by atoms with E-state index in [0.717, 1.165) is 26.4 Å². The van der Waals surface area contributed by atoms with Crippen LogP contribution >= 0.6 is 11.6 Å². The van der Waals surface area contributed by atoms with E-state index in [1.165, 1.54) is 24.3 Å². The van der Waals surface area contributed by atoms with Gasteiger partial charge in [-0.15, -0.1) is 0 Å². The van der Waals surface area contributed by atoms with Crippen molar-refractivity contribution in [2.45, 2.75) is 0 Å². The second kappa shape index (κ2) is 8.14. The molecule has 9 nitrogen and oxygen atoms in total. The maximum atomic E-state index is 12.2. The molecule has 0 radical (unpaired) electrons. The number of halogens is 1. The highest BCUT2D eigenvalue weighted by atomic mass is 35.5. The lowest BCUT2D eigenvalue weighted by atomic mass is 10.1. The quantitative estimate of drug-likeness (QED) is 0.542. The molecule has 0 fully saturated rings. The van der Waals surface area contributed by atoms with Crippen molar-refractivity contribution in [3.63, 3.8) is 0 Å². The molecule has 0 heterocycles. The van der Waals surface area contributed by atoms with E-state index in [4.69, 9.17) is 21.5 Å². The molecular formula is C16H15ClN2O7S. The largest absolute Gasteiger partial charge is 0.465 e. The summed E-state index contributed by atoms with van der Waals surface area (Å²) in [5.74, 6) is -1.88. The first-order valence-corrected chi connectivity index (χ1v) is 9.03. The Morgan fingerprint density at radius 2 is 1.56 bits per heavy atom. The van der Waals surface area contributed by atoms with Gasteiger partial charge in [-0.3, -0.25) is 4.72 Å². The number of hydrogen-bond donors (Lipinski definition) is 2. The molecule has 0 unspecified atom stereocenters. The van der Waals surface area contributed by atoms with Gasteiger partial charge in [-0.2, -0.15) is 8.42 Å². The number of hydrogen-bond acceptors (Lipinski definition) is 8. The number of nitrogens with one attached hydrogen (secondary N) is 1. The van der Waals surface area contributed by atoms with E-state index >= 15 is 0 Å². The summed E-state index contributed by atoms with van der Waals surface area (Å²) in [7, 11) is -2.10. The normalized spacial score (nSPS) is 10.8. The average molecular weight is 415 g/mol. The van der Waals surface area contributed by atoms with Crippen LogP contribution in [0.3, 0.4) is 0 Å². The van der Waals surface area contributed by atoms with E-state index in [0.29, 0.717) is 0 Å². The fraction of sp³-hybridized carbons (Fsp3) is 0.125. The van der Waals surface area contributed by atoms with Crippen LogP contribution in [0, 0.1) is 0 Å². The molecular weight excluding hydrogens is 400 g/mol. The Morgan fingerprint density at radius 3 is 2.04 bits per heavy atom. The van der Waals surface area contributed by atoms with Gasteiger partial charge >= 0.3 is 22.2 Å². The van der Waals surface area contributed by atoms with Gasteiger partial charge < -0.3 is 19.4 Å². The smallest absolute Gasteiger partial charge is 0.407 e. The number of nitrogen functional groups attached to an aromatic ring is 1. The number of ether oxygens (including phenoxy) is 2. The fourth-order valence-electron chi connectivity index (χ4n) is 2.02. The summed E-state index contributed by atoms with van der Waals surface area (Å²) in [4.78, 5) is 23.5. The minimum Gasteiger partial charge on any atom is -0.465 e. The van der Waals surface area contributed by atoms with E-state index in [-0.39, 0.29) is 33.3 Å². The van der Waals surface area contributed by atoms with Crippen LogP contribution in [0.15, 0.2) is 36.4 Å². The van der Waals surface area contributed by atoms with Gasteiger partial charge in [0.15, 0.2) is 0 Å². The van der Waals surface area contributed by atoms with Crippen molar-refractivity contribution in [3.8, 4) is 5.75 Å². The molecule has 0 aliphatic heterocycles. The Labute approximate surface area is 160 Å². The summed E-state index contributed by atoms with van der Waals surface area (Å²) in [6, 6.07) is 7.48. The predicted molar refractivity (Wildman–Crippen MR) is 98.2 cm³/mol. The van der Waals surface area contributed by atoms with Gasteiger partial charge in [0.25, 0.3) is 0 Å². The monoisotopic (exact) mass is 414 g/mol. The zero-order valence-corrected chi connectivity index (χ0v) is 15.8. The summed E-state index contributed by atoms with van der Waals surface area (Å²) in [5.41, 5.74) is 5.70. The number of esters is 2. The Bertz CT molecular complexity index is 958. The van der Waals surface area contributed by atoms with Crippen molar-refractivity contribution in [1.82, 2.24) is 0 Å². The maximum absolute atomic E-state index is 12.2. The van der Waals surface area contributed by atoms with Crippen LogP contribution in [-0.2, 0) is 19.8 Å². The average Bonchev–Trinajstić information content (AvgIpc) is 2.62. The van der Waals surface area contributed by atoms with E-state index in [1.807, 2.05) is 0 Å². The maximum Gasteiger partial charge on any atom is 0.407 e. The number of anilines is 2. The van der Waals surface area contributed by atoms with Crippen LogP contribution in [0.5, 0.6) is 5.75 Å². The molecule has 0 amide bonds. The van der Waals surface area contributed by atoms with Gasteiger partial charge in [0.1, 0.15) is 5.75 Å². The summed E-state index contributed by atoms with van der Waals surface area (Å²) < 4.78 is 40.7. The molecule has 0 aliphatic carbocycles. The zero-order valence-electron chi connectivity index (χ0n) is 14.2. The van der Waals surface area contributed by atoms with Crippen LogP contribution < -0.4 is 14.6 Å². The second-order valence-corrected chi connectivity index (χ2v) is 6.79. The third kappa shape index (κ3) is 5.25. The van der Waals surface area contributed by atoms with Crippen LogP contribution in [0.2, 0.25) is 5.02 Å². The Balaban J connectivity index is 2.34. The topological polar surface area (TPSA) is 134 Å². The minimum absolute atomic E-state index is 0.0960. The van der Waals surface area contributed by atoms with E-state index in [9.17, 15) is 18.0 Å². The highest BCUT2D eigenvalue weighted by Crippen LogP contribution is 2.25. The van der Waals surface area contributed by atoms with Crippen molar-refractivity contribution >= 4 is 45.2 Å². The molecule has 2 aromatic rings. The molecule has 144 valence electrons. The third-order valence-electron chi connectivity index (χ3n) is 3.19. The Morgan fingerprint density at radius 1 is 1.00 bits per heavy atom. The molecule has 2 aromatic carbocycles. The molecule has 0 bridgehead atoms. The lowest BCUT2D eigenvalue weighted by molar-refractivity contribution is 0.0598. The number of benzene rings is 2. The van der Waals surface area contributed by atoms with E-state index < -0.39 is 22.2 Å². The zero-order chi connectivity index (χ0) is 20.2. The van der Waals surface area contributed by atoms with Crippen molar-refractivity contribution in [3.05, 3.63) is 52.5 Å². The van der Waals surface area contributed by atoms with E-state index in [2.05, 4.69) is 14.2 Å². The molecule has 2 rings (SSSR count). The number of carbonyl (C=O) groups excluding carboxylic acids is 2. The molecule has 27 heavy (non-hydrogen) atoms. The summed E-state index contributed by atoms with van der Waals surface area (Å²) in [6.45, 7) is 0. The lowest BCUT2D eigenvalue weighted by Crippen LogP contribution is -2.20. The molecule has 0 aliphatic rings. The molecule has 11 heteroatoms. The molecule has 3 N–H and O–H groups in total. The van der Waals surface area contributed by atoms with Gasteiger partial charge in [0, 0.05) is 0 Å². The van der Waals surface area contributed by atoms with Gasteiger partial charge in [0.2, 0.25) is 0 Å². The first-order chi connectivity index (χ1) is 12.6. The SMILES string of the molecule is COC(=O)c1cc(OS(=O)(=O)Nc2ccc(Cl)c(N)c2)cc(C(=O)OC)c1. The molecule has 0 aromatic heterocycles. The van der Waals surface area contributed by atoms with Crippen LogP contribution in [0.25, 0.3) is 0 Å². The highest BCUT2D eigenvalue weighted by Gasteiger charge is 2.19. The van der Waals surface area contributed by atoms with Gasteiger partial charge in [0.05, 0.1) is 41.7 Å². The minimum atomic E-state index is -4.37. The van der Waals surface area contributed by atoms with Gasteiger partial charge in [-0.05, 0) is 36.4 Å². The summed E-state index contributed by atoms with van der Waals surface area (Å²) in [6.07, 6.45) is 0. The summed E-state index contributed by atoms with van der Waals surface area (Å²) in [5, 5.41) is 0.257. The number of rotatable bonds is 6. The van der Waals surface area contributed by atoms with Gasteiger partial charge in [-0.25, -0.2) is 9.59 Å². The van der Waals surface area contributed by atoms with Gasteiger partial charge in [-0.1, -0.05) is 11.6 Å². The summed E-state index contributed by atoms with van der Waals surface area (Å²) >= 11 is 5.78. The number of methoxy groups -OCH3 is 2. The fourth-order valence-corrected chi connectivity index (χ4v) is 2.94. The first kappa shape index (κ1) is 20.3. The van der Waals surface area contributed by atoms with Crippen LogP contribution in [0.1, 0.15) is 20.7 Å². The number of carbonyl (C=O) groups is 2. The second-order valence-electron chi connectivity index (χ2n) is 5.11. The standard InChI is InChI=1S/C16H15ClN2O7S/c1-24-15(20)9-5-10(16(21)25-2)7-12(6-9)26-27(22,23)19-11-3-4-13(17)14(18)8-11/h3-8,19H,18H2,1-2H3. The predicted octanol–water partition coefficient (Wildman–Crippen LogP) is 2.23. The van der Waals surface area contributed by atoms with Crippen molar-refractivity contribution in [1.29, 1.82) is 0 Å². The molecule has 0 saturated carbocycles. The Kier molecular flexibility index (Phi) is 6.13. The lowest BCUT2D eigenvalue weighted by Gasteiger charge is -2.12. The first-order valence-electron chi connectivity index (χ1n) is 7.24. The molecule has 0 spiro atoms. The van der Waals surface area contributed by atoms with Crippen LogP contribution in [-0.4, -0.2) is 34.6 Å².